The first-order chi connectivity index (χ1) is 16.0. The molecule has 0 radical (unpaired) electrons. The van der Waals surface area contributed by atoms with E-state index in [2.05, 4.69) is 29.2 Å². The van der Waals surface area contributed by atoms with Gasteiger partial charge >= 0.3 is 0 Å². The van der Waals surface area contributed by atoms with Crippen LogP contribution < -0.4 is 5.73 Å². The Morgan fingerprint density at radius 1 is 1.00 bits per heavy atom. The van der Waals surface area contributed by atoms with Gasteiger partial charge in [0.25, 0.3) is 0 Å². The van der Waals surface area contributed by atoms with Crippen LogP contribution in [-0.4, -0.2) is 54.0 Å². The summed E-state index contributed by atoms with van der Waals surface area (Å²) in [4.78, 5) is 19.6. The first-order valence-corrected chi connectivity index (χ1v) is 12.9. The van der Waals surface area contributed by atoms with Crippen molar-refractivity contribution in [2.75, 3.05) is 26.2 Å². The van der Waals surface area contributed by atoms with E-state index in [4.69, 9.17) is 28.9 Å². The molecular formula is C26H27Cl2N3OS. The summed E-state index contributed by atoms with van der Waals surface area (Å²) in [5.74, 6) is 0.0452. The smallest absolute Gasteiger partial charge is 0.239 e. The number of carbonyl (C=O) groups excluding carboxylic acids is 1. The molecule has 5 rings (SSSR count). The van der Waals surface area contributed by atoms with Crippen LogP contribution in [0.2, 0.25) is 10.0 Å². The zero-order chi connectivity index (χ0) is 22.9. The fourth-order valence-electron chi connectivity index (χ4n) is 4.96. The van der Waals surface area contributed by atoms with Crippen LogP contribution in [0, 0.1) is 0 Å². The average molecular weight is 500 g/mol. The molecule has 1 aromatic heterocycles. The maximum absolute atomic E-state index is 13.0. The summed E-state index contributed by atoms with van der Waals surface area (Å²) in [7, 11) is 0. The molecule has 2 aliphatic rings. The van der Waals surface area contributed by atoms with Gasteiger partial charge in [-0.15, -0.1) is 11.3 Å². The molecule has 0 bridgehead atoms. The average Bonchev–Trinajstić information content (AvgIpc) is 3.46. The highest BCUT2D eigenvalue weighted by Crippen LogP contribution is 2.35. The number of halogens is 2. The molecule has 1 aliphatic carbocycles. The van der Waals surface area contributed by atoms with E-state index in [0.717, 1.165) is 54.3 Å². The lowest BCUT2D eigenvalue weighted by Gasteiger charge is -2.38. The van der Waals surface area contributed by atoms with Crippen molar-refractivity contribution in [2.24, 2.45) is 5.73 Å². The lowest BCUT2D eigenvalue weighted by molar-refractivity contribution is -0.134. The van der Waals surface area contributed by atoms with Gasteiger partial charge in [-0.05, 0) is 48.2 Å². The Morgan fingerprint density at radius 2 is 1.70 bits per heavy atom. The zero-order valence-electron chi connectivity index (χ0n) is 18.3. The molecule has 172 valence electrons. The largest absolute Gasteiger partial charge is 0.339 e. The minimum Gasteiger partial charge on any atom is -0.339 e. The number of carbonyl (C=O) groups is 1. The highest BCUT2D eigenvalue weighted by atomic mass is 35.5. The summed E-state index contributed by atoms with van der Waals surface area (Å²) >= 11 is 14.0. The molecule has 1 unspecified atom stereocenters. The van der Waals surface area contributed by atoms with Crippen molar-refractivity contribution in [1.82, 2.24) is 9.80 Å². The predicted molar refractivity (Wildman–Crippen MR) is 137 cm³/mol. The summed E-state index contributed by atoms with van der Waals surface area (Å²) in [6, 6.07) is 18.3. The highest BCUT2D eigenvalue weighted by molar-refractivity contribution is 7.15. The van der Waals surface area contributed by atoms with Crippen molar-refractivity contribution >= 4 is 40.4 Å². The second-order valence-electron chi connectivity index (χ2n) is 8.89. The van der Waals surface area contributed by atoms with Crippen LogP contribution in [-0.2, 0) is 24.1 Å². The summed E-state index contributed by atoms with van der Waals surface area (Å²) < 4.78 is 0. The normalized spacial score (nSPS) is 17.8. The van der Waals surface area contributed by atoms with Gasteiger partial charge in [0.1, 0.15) is 0 Å². The molecule has 2 heterocycles. The number of rotatable bonds is 5. The predicted octanol–water partition coefficient (Wildman–Crippen LogP) is 4.90. The maximum atomic E-state index is 13.0. The van der Waals surface area contributed by atoms with Crippen LogP contribution in [0.25, 0.3) is 10.4 Å². The fraction of sp³-hybridized carbons (Fsp3) is 0.346. The molecule has 1 saturated heterocycles. The third-order valence-electron chi connectivity index (χ3n) is 6.77. The summed E-state index contributed by atoms with van der Waals surface area (Å²) in [5.41, 5.74) is 10.2. The van der Waals surface area contributed by atoms with Crippen molar-refractivity contribution < 1.29 is 4.79 Å². The second-order valence-corrected chi connectivity index (χ2v) is 10.9. The lowest BCUT2D eigenvalue weighted by Crippen LogP contribution is -2.55. The van der Waals surface area contributed by atoms with Gasteiger partial charge in [0.05, 0.1) is 11.1 Å². The van der Waals surface area contributed by atoms with Crippen LogP contribution in [0.1, 0.15) is 16.0 Å². The minimum atomic E-state index is -0.528. The number of nitrogens with two attached hydrogens (primary N) is 1. The van der Waals surface area contributed by atoms with Gasteiger partial charge in [-0.3, -0.25) is 9.69 Å². The Bertz CT molecular complexity index is 1130. The van der Waals surface area contributed by atoms with E-state index in [-0.39, 0.29) is 5.91 Å². The summed E-state index contributed by atoms with van der Waals surface area (Å²) in [5, 5.41) is 1.24. The van der Waals surface area contributed by atoms with Crippen molar-refractivity contribution in [3.05, 3.63) is 80.6 Å². The molecule has 1 atom stereocenters. The molecule has 2 aromatic carbocycles. The van der Waals surface area contributed by atoms with Gasteiger partial charge < -0.3 is 10.6 Å². The number of piperazine rings is 1. The van der Waals surface area contributed by atoms with Gasteiger partial charge in [0, 0.05) is 59.0 Å². The van der Waals surface area contributed by atoms with Gasteiger partial charge in [-0.25, -0.2) is 0 Å². The van der Waals surface area contributed by atoms with Crippen LogP contribution >= 0.6 is 34.5 Å². The van der Waals surface area contributed by atoms with E-state index in [9.17, 15) is 4.79 Å². The topological polar surface area (TPSA) is 49.6 Å². The molecule has 4 nitrogen and oxygen atoms in total. The monoisotopic (exact) mass is 499 g/mol. The maximum Gasteiger partial charge on any atom is 0.239 e. The molecule has 0 spiro atoms. The minimum absolute atomic E-state index is 0.0452. The quantitative estimate of drug-likeness (QED) is 0.542. The molecule has 3 aromatic rings. The van der Waals surface area contributed by atoms with Crippen molar-refractivity contribution in [1.29, 1.82) is 0 Å². The van der Waals surface area contributed by atoms with E-state index in [1.165, 1.54) is 11.1 Å². The fourth-order valence-corrected chi connectivity index (χ4v) is 6.63. The van der Waals surface area contributed by atoms with Crippen LogP contribution in [0.15, 0.2) is 54.6 Å². The van der Waals surface area contributed by atoms with Gasteiger partial charge in [-0.2, -0.15) is 0 Å². The third kappa shape index (κ3) is 4.98. The second kappa shape index (κ2) is 9.77. The molecule has 0 saturated carbocycles. The number of benzene rings is 2. The third-order valence-corrected chi connectivity index (χ3v) is 8.46. The van der Waals surface area contributed by atoms with Crippen molar-refractivity contribution in [2.45, 2.75) is 31.3 Å². The van der Waals surface area contributed by atoms with E-state index in [1.807, 2.05) is 29.2 Å². The van der Waals surface area contributed by atoms with Gasteiger partial charge in [-0.1, -0.05) is 53.5 Å². The Balaban J connectivity index is 1.15. The Labute approximate surface area is 208 Å². The number of thiophene rings is 1. The van der Waals surface area contributed by atoms with Crippen LogP contribution in [0.5, 0.6) is 0 Å². The first kappa shape index (κ1) is 22.9. The van der Waals surface area contributed by atoms with Gasteiger partial charge in [0.2, 0.25) is 5.91 Å². The van der Waals surface area contributed by atoms with Gasteiger partial charge in [0.15, 0.2) is 0 Å². The molecule has 1 aliphatic heterocycles. The Kier molecular flexibility index (Phi) is 6.77. The molecule has 1 amide bonds. The summed E-state index contributed by atoms with van der Waals surface area (Å²) in [6.45, 7) is 3.32. The van der Waals surface area contributed by atoms with E-state index >= 15 is 0 Å². The molecule has 7 heteroatoms. The van der Waals surface area contributed by atoms with E-state index in [1.54, 1.807) is 17.4 Å². The van der Waals surface area contributed by atoms with Crippen LogP contribution in [0.3, 0.4) is 0 Å². The highest BCUT2D eigenvalue weighted by Gasteiger charge is 2.31. The van der Waals surface area contributed by atoms with Crippen LogP contribution in [0.4, 0.5) is 0 Å². The number of amides is 1. The van der Waals surface area contributed by atoms with Crippen molar-refractivity contribution in [3.8, 4) is 10.4 Å². The standard InChI is InChI=1S/C26H27Cl2N3OS/c27-19-5-7-22(23(28)15-19)25-8-6-21(33-25)16-24(29)26(32)31-11-9-30(10-12-31)20-13-17-3-1-2-4-18(17)14-20/h1-8,15,20,24H,9-14,16,29H2. The summed E-state index contributed by atoms with van der Waals surface area (Å²) in [6.07, 6.45) is 2.76. The Morgan fingerprint density at radius 3 is 2.36 bits per heavy atom. The number of hydrogen-bond acceptors (Lipinski definition) is 4. The number of fused-ring (bicyclic) bond motifs is 1. The van der Waals surface area contributed by atoms with Crippen molar-refractivity contribution in [3.63, 3.8) is 0 Å². The first-order valence-electron chi connectivity index (χ1n) is 11.4. The number of hydrogen-bond donors (Lipinski definition) is 1. The van der Waals surface area contributed by atoms with E-state index < -0.39 is 6.04 Å². The molecule has 2 N–H and O–H groups in total. The zero-order valence-corrected chi connectivity index (χ0v) is 20.7. The van der Waals surface area contributed by atoms with E-state index in [0.29, 0.717) is 22.5 Å². The Hall–Kier alpha value is -1.89. The SMILES string of the molecule is NC(Cc1ccc(-c2ccc(Cl)cc2Cl)s1)C(=O)N1CCN(C2Cc3ccccc3C2)CC1. The lowest BCUT2D eigenvalue weighted by atomic mass is 10.1. The molecule has 33 heavy (non-hydrogen) atoms. The number of nitrogens with zero attached hydrogens (tertiary/aromatic N) is 2. The molecular weight excluding hydrogens is 473 g/mol. The molecule has 1 fully saturated rings.